The highest BCUT2D eigenvalue weighted by atomic mass is 35.5. The van der Waals surface area contributed by atoms with Crippen molar-refractivity contribution in [1.29, 1.82) is 0 Å². The van der Waals surface area contributed by atoms with Gasteiger partial charge in [0.15, 0.2) is 0 Å². The van der Waals surface area contributed by atoms with Crippen molar-refractivity contribution >= 4 is 28.1 Å². The zero-order chi connectivity index (χ0) is 15.6. The van der Waals surface area contributed by atoms with Gasteiger partial charge in [-0.1, -0.05) is 13.0 Å². The Morgan fingerprint density at radius 1 is 1.41 bits per heavy atom. The van der Waals surface area contributed by atoms with Crippen LogP contribution in [-0.2, 0) is 10.0 Å². The zero-order valence-corrected chi connectivity index (χ0v) is 14.0. The molecule has 0 saturated carbocycles. The van der Waals surface area contributed by atoms with E-state index in [1.807, 2.05) is 6.92 Å². The van der Waals surface area contributed by atoms with Crippen LogP contribution in [0.1, 0.15) is 18.9 Å². The zero-order valence-electron chi connectivity index (χ0n) is 12.4. The van der Waals surface area contributed by atoms with Crippen LogP contribution in [0.15, 0.2) is 23.1 Å². The predicted octanol–water partition coefficient (Wildman–Crippen LogP) is 1.60. The molecule has 1 aliphatic heterocycles. The highest BCUT2D eigenvalue weighted by Gasteiger charge is 2.29. The maximum Gasteiger partial charge on any atom is 0.273 e. The molecule has 1 aromatic carbocycles. The third-order valence-electron chi connectivity index (χ3n) is 3.88. The molecule has 0 amide bonds. The second-order valence-corrected chi connectivity index (χ2v) is 7.04. The predicted molar refractivity (Wildman–Crippen MR) is 85.8 cm³/mol. The van der Waals surface area contributed by atoms with Crippen LogP contribution in [-0.4, -0.2) is 32.5 Å². The second-order valence-electron chi connectivity index (χ2n) is 5.36. The minimum atomic E-state index is -3.77. The van der Waals surface area contributed by atoms with Crippen LogP contribution in [0.2, 0.25) is 0 Å². The topological polar surface area (TPSA) is 101 Å². The quantitative estimate of drug-likeness (QED) is 0.635. The number of nitro benzene ring substituents is 1. The molecule has 0 aliphatic carbocycles. The van der Waals surface area contributed by atoms with E-state index in [1.165, 1.54) is 25.1 Å². The van der Waals surface area contributed by atoms with Gasteiger partial charge in [0, 0.05) is 24.2 Å². The Hall–Kier alpha value is -1.22. The van der Waals surface area contributed by atoms with Gasteiger partial charge in [0.2, 0.25) is 10.0 Å². The average molecular weight is 350 g/mol. The molecule has 22 heavy (non-hydrogen) atoms. The summed E-state index contributed by atoms with van der Waals surface area (Å²) >= 11 is 0. The average Bonchev–Trinajstić information content (AvgIpc) is 2.41. The van der Waals surface area contributed by atoms with Crippen molar-refractivity contribution < 1.29 is 13.3 Å². The van der Waals surface area contributed by atoms with Gasteiger partial charge in [-0.25, -0.2) is 13.1 Å². The van der Waals surface area contributed by atoms with Crippen LogP contribution in [0.5, 0.6) is 0 Å². The van der Waals surface area contributed by atoms with Gasteiger partial charge in [-0.05, 0) is 31.9 Å². The van der Waals surface area contributed by atoms with E-state index in [4.69, 9.17) is 0 Å². The summed E-state index contributed by atoms with van der Waals surface area (Å²) in [5, 5.41) is 14.1. The molecular weight excluding hydrogens is 330 g/mol. The fourth-order valence-electron chi connectivity index (χ4n) is 2.50. The van der Waals surface area contributed by atoms with Gasteiger partial charge in [0.1, 0.15) is 0 Å². The lowest BCUT2D eigenvalue weighted by Gasteiger charge is -2.30. The van der Waals surface area contributed by atoms with Gasteiger partial charge < -0.3 is 5.32 Å². The first-order chi connectivity index (χ1) is 9.83. The van der Waals surface area contributed by atoms with E-state index < -0.39 is 14.9 Å². The Labute approximate surface area is 136 Å². The van der Waals surface area contributed by atoms with Crippen molar-refractivity contribution in [2.24, 2.45) is 5.92 Å². The van der Waals surface area contributed by atoms with Crippen LogP contribution in [0.25, 0.3) is 0 Å². The first-order valence-corrected chi connectivity index (χ1v) is 8.28. The van der Waals surface area contributed by atoms with Crippen molar-refractivity contribution in [3.05, 3.63) is 33.9 Å². The lowest BCUT2D eigenvalue weighted by molar-refractivity contribution is -0.385. The first kappa shape index (κ1) is 18.8. The normalized spacial score (nSPS) is 21.9. The molecule has 0 aromatic heterocycles. The smallest absolute Gasteiger partial charge is 0.273 e. The Morgan fingerprint density at radius 3 is 2.68 bits per heavy atom. The molecule has 2 N–H and O–H groups in total. The minimum absolute atomic E-state index is 0. The fraction of sp³-hybridized carbons (Fsp3) is 0.538. The number of piperidine rings is 1. The van der Waals surface area contributed by atoms with E-state index in [0.717, 1.165) is 13.0 Å². The molecule has 9 heteroatoms. The fourth-order valence-corrected chi connectivity index (χ4v) is 4.11. The molecule has 1 aromatic rings. The number of hydrogen-bond acceptors (Lipinski definition) is 5. The van der Waals surface area contributed by atoms with Crippen LogP contribution in [0, 0.1) is 23.0 Å². The van der Waals surface area contributed by atoms with Gasteiger partial charge in [0.25, 0.3) is 5.69 Å². The molecule has 1 fully saturated rings. The van der Waals surface area contributed by atoms with Crippen molar-refractivity contribution in [3.8, 4) is 0 Å². The van der Waals surface area contributed by atoms with Crippen LogP contribution in [0.3, 0.4) is 0 Å². The van der Waals surface area contributed by atoms with Crippen LogP contribution in [0.4, 0.5) is 5.69 Å². The van der Waals surface area contributed by atoms with Crippen LogP contribution >= 0.6 is 12.4 Å². The maximum atomic E-state index is 12.5. The van der Waals surface area contributed by atoms with Gasteiger partial charge in [0.05, 0.1) is 9.82 Å². The minimum Gasteiger partial charge on any atom is -0.315 e. The summed E-state index contributed by atoms with van der Waals surface area (Å²) in [5.41, 5.74) is -0.0286. The third kappa shape index (κ3) is 3.95. The van der Waals surface area contributed by atoms with Gasteiger partial charge >= 0.3 is 0 Å². The third-order valence-corrected chi connectivity index (χ3v) is 5.51. The summed E-state index contributed by atoms with van der Waals surface area (Å²) in [5.74, 6) is 0.222. The molecule has 7 nitrogen and oxygen atoms in total. The van der Waals surface area contributed by atoms with Crippen molar-refractivity contribution in [2.75, 3.05) is 13.1 Å². The number of rotatable bonds is 4. The Balaban J connectivity index is 0.00000242. The number of nitrogens with zero attached hydrogens (tertiary/aromatic N) is 1. The van der Waals surface area contributed by atoms with E-state index in [-0.39, 0.29) is 40.5 Å². The van der Waals surface area contributed by atoms with E-state index in [2.05, 4.69) is 10.0 Å². The number of nitro groups is 1. The number of sulfonamides is 1. The van der Waals surface area contributed by atoms with E-state index in [1.54, 1.807) is 0 Å². The van der Waals surface area contributed by atoms with Crippen molar-refractivity contribution in [3.63, 3.8) is 0 Å². The highest BCUT2D eigenvalue weighted by Crippen LogP contribution is 2.25. The molecule has 1 aliphatic rings. The summed E-state index contributed by atoms with van der Waals surface area (Å²) in [7, 11) is -3.77. The second kappa shape index (κ2) is 7.36. The molecular formula is C13H20ClN3O4S. The van der Waals surface area contributed by atoms with Gasteiger partial charge in [-0.15, -0.1) is 12.4 Å². The summed E-state index contributed by atoms with van der Waals surface area (Å²) in [6, 6.07) is 3.88. The Bertz CT molecular complexity index is 651. The Morgan fingerprint density at radius 2 is 2.09 bits per heavy atom. The van der Waals surface area contributed by atoms with Crippen LogP contribution < -0.4 is 10.0 Å². The van der Waals surface area contributed by atoms with Gasteiger partial charge in [-0.3, -0.25) is 10.1 Å². The molecule has 1 heterocycles. The number of benzene rings is 1. The SMILES string of the molecule is Cc1c([N+](=O)[O-])cccc1S(=O)(=O)NC1CNCCC1C.Cl. The monoisotopic (exact) mass is 349 g/mol. The maximum absolute atomic E-state index is 12.5. The molecule has 2 unspecified atom stereocenters. The summed E-state index contributed by atoms with van der Waals surface area (Å²) in [4.78, 5) is 10.3. The summed E-state index contributed by atoms with van der Waals surface area (Å²) in [6.07, 6.45) is 0.890. The lowest BCUT2D eigenvalue weighted by atomic mass is 9.96. The number of halogens is 1. The van der Waals surface area contributed by atoms with E-state index in [9.17, 15) is 18.5 Å². The van der Waals surface area contributed by atoms with E-state index in [0.29, 0.717) is 6.54 Å². The number of hydrogen-bond donors (Lipinski definition) is 2. The number of nitrogens with one attached hydrogen (secondary N) is 2. The molecule has 2 rings (SSSR count). The van der Waals surface area contributed by atoms with Crippen molar-refractivity contribution in [1.82, 2.24) is 10.0 Å². The summed E-state index contributed by atoms with van der Waals surface area (Å²) < 4.78 is 27.6. The highest BCUT2D eigenvalue weighted by molar-refractivity contribution is 7.89. The Kier molecular flexibility index (Phi) is 6.30. The van der Waals surface area contributed by atoms with Crippen molar-refractivity contribution in [2.45, 2.75) is 31.2 Å². The molecule has 0 spiro atoms. The van der Waals surface area contributed by atoms with E-state index >= 15 is 0 Å². The molecule has 0 radical (unpaired) electrons. The molecule has 2 atom stereocenters. The molecule has 0 bridgehead atoms. The molecule has 124 valence electrons. The van der Waals surface area contributed by atoms with Gasteiger partial charge in [-0.2, -0.15) is 0 Å². The lowest BCUT2D eigenvalue weighted by Crippen LogP contribution is -2.50. The summed E-state index contributed by atoms with van der Waals surface area (Å²) in [6.45, 7) is 4.88. The standard InChI is InChI=1S/C13H19N3O4S.ClH/c1-9-6-7-14-8-11(9)15-21(19,20)13-5-3-4-12(10(13)2)16(17)18;/h3-5,9,11,14-15H,6-8H2,1-2H3;1H. The first-order valence-electron chi connectivity index (χ1n) is 6.80. The molecule has 1 saturated heterocycles. The largest absolute Gasteiger partial charge is 0.315 e.